The van der Waals surface area contributed by atoms with Gasteiger partial charge in [-0.15, -0.1) is 11.3 Å². The van der Waals surface area contributed by atoms with E-state index in [-0.39, 0.29) is 18.3 Å². The number of H-pyrrole nitrogens is 1. The third kappa shape index (κ3) is 5.61. The maximum Gasteiger partial charge on any atom is 0.307 e. The molecule has 0 saturated carbocycles. The van der Waals surface area contributed by atoms with Crippen LogP contribution in [-0.2, 0) is 14.3 Å². The van der Waals surface area contributed by atoms with E-state index in [4.69, 9.17) is 17.0 Å². The minimum absolute atomic E-state index is 0.0671. The summed E-state index contributed by atoms with van der Waals surface area (Å²) in [5.41, 5.74) is 0. The lowest BCUT2D eigenvalue weighted by Crippen LogP contribution is -2.46. The van der Waals surface area contributed by atoms with E-state index in [2.05, 4.69) is 22.0 Å². The van der Waals surface area contributed by atoms with Crippen molar-refractivity contribution in [1.29, 1.82) is 0 Å². The van der Waals surface area contributed by atoms with Crippen LogP contribution in [0.1, 0.15) is 46.1 Å². The lowest BCUT2D eigenvalue weighted by atomic mass is 10.1. The number of hydrogen-bond acceptors (Lipinski definition) is 7. The van der Waals surface area contributed by atoms with Crippen LogP contribution in [0.25, 0.3) is 10.7 Å². The van der Waals surface area contributed by atoms with Crippen molar-refractivity contribution >= 4 is 35.4 Å². The molecule has 2 aromatic heterocycles. The number of likely N-dealkylation sites (N-methyl/N-ethyl adjacent to an activating group) is 1. The van der Waals surface area contributed by atoms with E-state index >= 15 is 0 Å². The number of likely N-dealkylation sites (tertiary alicyclic amines) is 1. The molecular formula is C21H31N5O3S2. The fraction of sp³-hybridized carbons (Fsp3) is 0.619. The highest BCUT2D eigenvalue weighted by Crippen LogP contribution is 2.27. The first kappa shape index (κ1) is 23.6. The van der Waals surface area contributed by atoms with Crippen LogP contribution in [-0.4, -0.2) is 75.3 Å². The first-order valence-electron chi connectivity index (χ1n) is 10.8. The summed E-state index contributed by atoms with van der Waals surface area (Å²) in [5.74, 6) is 0.302. The minimum atomic E-state index is -0.540. The van der Waals surface area contributed by atoms with Gasteiger partial charge in [0, 0.05) is 19.1 Å². The average Bonchev–Trinajstić information content (AvgIpc) is 3.50. The Morgan fingerprint density at radius 3 is 2.94 bits per heavy atom. The van der Waals surface area contributed by atoms with Crippen molar-refractivity contribution in [3.8, 4) is 10.7 Å². The minimum Gasteiger partial charge on any atom is -0.466 e. The lowest BCUT2D eigenvalue weighted by molar-refractivity contribution is -0.144. The molecule has 1 N–H and O–H groups in total. The molecule has 2 unspecified atom stereocenters. The van der Waals surface area contributed by atoms with Gasteiger partial charge < -0.3 is 9.64 Å². The fourth-order valence-corrected chi connectivity index (χ4v) is 5.14. The predicted octanol–water partition coefficient (Wildman–Crippen LogP) is 3.50. The smallest absolute Gasteiger partial charge is 0.307 e. The zero-order valence-electron chi connectivity index (χ0n) is 18.4. The summed E-state index contributed by atoms with van der Waals surface area (Å²) < 4.78 is 7.26. The maximum atomic E-state index is 13.6. The number of amides is 1. The zero-order chi connectivity index (χ0) is 22.4. The number of rotatable bonds is 10. The standard InChI is InChI=1S/C21H31N5O3S2/c1-4-24-11-6-8-16(24)14-25(12-10-18(27)29-5-2)20(28)15(3)26-19(22-23-21(26)30)17-9-7-13-31-17/h7,9,13,15-16H,4-6,8,10-12,14H2,1-3H3,(H,23,30). The van der Waals surface area contributed by atoms with Gasteiger partial charge in [-0.2, -0.15) is 5.10 Å². The van der Waals surface area contributed by atoms with E-state index in [9.17, 15) is 9.59 Å². The fourth-order valence-electron chi connectivity index (χ4n) is 4.14. The summed E-state index contributed by atoms with van der Waals surface area (Å²) in [6.45, 7) is 9.03. The number of hydrogen-bond donors (Lipinski definition) is 1. The van der Waals surface area contributed by atoms with Crippen LogP contribution in [0.5, 0.6) is 0 Å². The first-order valence-corrected chi connectivity index (χ1v) is 12.1. The molecule has 1 fully saturated rings. The Balaban J connectivity index is 1.82. The topological polar surface area (TPSA) is 83.5 Å². The normalized spacial score (nSPS) is 17.6. The Morgan fingerprint density at radius 1 is 1.45 bits per heavy atom. The number of nitrogens with one attached hydrogen (secondary N) is 1. The molecule has 3 rings (SSSR count). The van der Waals surface area contributed by atoms with Crippen LogP contribution in [0, 0.1) is 4.77 Å². The Labute approximate surface area is 192 Å². The van der Waals surface area contributed by atoms with Crippen LogP contribution >= 0.6 is 23.6 Å². The van der Waals surface area contributed by atoms with Gasteiger partial charge in [0.15, 0.2) is 10.6 Å². The molecule has 1 amide bonds. The van der Waals surface area contributed by atoms with Crippen LogP contribution in [0.3, 0.4) is 0 Å². The summed E-state index contributed by atoms with van der Waals surface area (Å²) in [5, 5.41) is 9.14. The van der Waals surface area contributed by atoms with Crippen molar-refractivity contribution in [3.63, 3.8) is 0 Å². The highest BCUT2D eigenvalue weighted by molar-refractivity contribution is 7.71. The van der Waals surface area contributed by atoms with Gasteiger partial charge in [-0.05, 0) is 63.4 Å². The monoisotopic (exact) mass is 465 g/mol. The second-order valence-corrected chi connectivity index (χ2v) is 8.97. The van der Waals surface area contributed by atoms with Crippen molar-refractivity contribution in [1.82, 2.24) is 24.6 Å². The van der Waals surface area contributed by atoms with Gasteiger partial charge in [-0.1, -0.05) is 13.0 Å². The Bertz CT molecular complexity index is 924. The molecule has 3 heterocycles. The van der Waals surface area contributed by atoms with E-state index < -0.39 is 6.04 Å². The van der Waals surface area contributed by atoms with Gasteiger partial charge in [0.1, 0.15) is 6.04 Å². The van der Waals surface area contributed by atoms with E-state index in [0.29, 0.717) is 36.3 Å². The van der Waals surface area contributed by atoms with E-state index in [1.54, 1.807) is 27.7 Å². The second-order valence-electron chi connectivity index (χ2n) is 7.64. The van der Waals surface area contributed by atoms with Crippen molar-refractivity contribution in [3.05, 3.63) is 22.3 Å². The van der Waals surface area contributed by atoms with Gasteiger partial charge in [-0.25, -0.2) is 0 Å². The molecule has 0 aromatic carbocycles. The van der Waals surface area contributed by atoms with E-state index in [1.165, 1.54) is 0 Å². The molecule has 2 atom stereocenters. The third-order valence-electron chi connectivity index (χ3n) is 5.73. The maximum absolute atomic E-state index is 13.6. The molecule has 1 aliphatic rings. The third-order valence-corrected chi connectivity index (χ3v) is 6.88. The van der Waals surface area contributed by atoms with Gasteiger partial charge in [-0.3, -0.25) is 24.2 Å². The number of nitrogens with zero attached hydrogens (tertiary/aromatic N) is 4. The zero-order valence-corrected chi connectivity index (χ0v) is 20.0. The summed E-state index contributed by atoms with van der Waals surface area (Å²) >= 11 is 6.99. The molecule has 0 radical (unpaired) electrons. The molecule has 10 heteroatoms. The molecule has 2 aromatic rings. The van der Waals surface area contributed by atoms with Crippen molar-refractivity contribution in [2.24, 2.45) is 0 Å². The van der Waals surface area contributed by atoms with Crippen LogP contribution < -0.4 is 0 Å². The average molecular weight is 466 g/mol. The summed E-state index contributed by atoms with van der Waals surface area (Å²) in [6, 6.07) is 3.67. The molecule has 8 nitrogen and oxygen atoms in total. The molecular weight excluding hydrogens is 434 g/mol. The molecule has 170 valence electrons. The number of ether oxygens (including phenoxy) is 1. The summed E-state index contributed by atoms with van der Waals surface area (Å²) in [6.07, 6.45) is 2.36. The van der Waals surface area contributed by atoms with E-state index in [0.717, 1.165) is 30.8 Å². The number of aromatic amines is 1. The molecule has 0 aliphatic carbocycles. The molecule has 0 spiro atoms. The van der Waals surface area contributed by atoms with Gasteiger partial charge in [0.05, 0.1) is 17.9 Å². The second kappa shape index (κ2) is 11.0. The molecule has 1 saturated heterocycles. The van der Waals surface area contributed by atoms with Gasteiger partial charge in [0.25, 0.3) is 0 Å². The molecule has 0 bridgehead atoms. The number of carbonyl (C=O) groups is 2. The van der Waals surface area contributed by atoms with Crippen molar-refractivity contribution in [2.45, 2.75) is 52.1 Å². The predicted molar refractivity (Wildman–Crippen MR) is 124 cm³/mol. The highest BCUT2D eigenvalue weighted by Gasteiger charge is 2.31. The van der Waals surface area contributed by atoms with Gasteiger partial charge >= 0.3 is 5.97 Å². The number of thiophene rings is 1. The summed E-state index contributed by atoms with van der Waals surface area (Å²) in [7, 11) is 0. The largest absolute Gasteiger partial charge is 0.466 e. The first-order chi connectivity index (χ1) is 15.0. The highest BCUT2D eigenvalue weighted by atomic mass is 32.1. The number of carbonyl (C=O) groups excluding carboxylic acids is 2. The van der Waals surface area contributed by atoms with Crippen molar-refractivity contribution < 1.29 is 14.3 Å². The van der Waals surface area contributed by atoms with Gasteiger partial charge in [0.2, 0.25) is 5.91 Å². The van der Waals surface area contributed by atoms with E-state index in [1.807, 2.05) is 24.4 Å². The van der Waals surface area contributed by atoms with Crippen molar-refractivity contribution in [2.75, 3.05) is 32.8 Å². The molecule has 1 aliphatic heterocycles. The lowest BCUT2D eigenvalue weighted by Gasteiger charge is -2.32. The van der Waals surface area contributed by atoms with Crippen LogP contribution in [0.4, 0.5) is 0 Å². The Morgan fingerprint density at radius 2 is 2.26 bits per heavy atom. The number of aromatic nitrogens is 3. The summed E-state index contributed by atoms with van der Waals surface area (Å²) in [4.78, 5) is 30.7. The SMILES string of the molecule is CCOC(=O)CCN(CC1CCCN1CC)C(=O)C(C)n1c(-c2cccs2)n[nH]c1=S. The Hall–Kier alpha value is -2.04. The van der Waals surface area contributed by atoms with Crippen LogP contribution in [0.2, 0.25) is 0 Å². The Kier molecular flexibility index (Phi) is 8.39. The number of esters is 1. The molecule has 31 heavy (non-hydrogen) atoms. The quantitative estimate of drug-likeness (QED) is 0.427. The van der Waals surface area contributed by atoms with Crippen LogP contribution in [0.15, 0.2) is 17.5 Å².